The normalized spacial score (nSPS) is 13.9. The van der Waals surface area contributed by atoms with Crippen LogP contribution in [0.15, 0.2) is 42.5 Å². The Morgan fingerprint density at radius 1 is 1.19 bits per heavy atom. The first-order chi connectivity index (χ1) is 13.0. The quantitative estimate of drug-likeness (QED) is 0.808. The molecule has 5 heteroatoms. The van der Waals surface area contributed by atoms with Crippen LogP contribution < -0.4 is 9.64 Å². The van der Waals surface area contributed by atoms with Gasteiger partial charge in [-0.25, -0.2) is 0 Å². The summed E-state index contributed by atoms with van der Waals surface area (Å²) in [4.78, 5) is 28.6. The SMILES string of the molecule is CCC(=O)N1CCc2cc(C(=O)N(C)C(C)c3ccc(OC)cc3)ccc21. The molecule has 1 heterocycles. The predicted molar refractivity (Wildman–Crippen MR) is 106 cm³/mol. The summed E-state index contributed by atoms with van der Waals surface area (Å²) < 4.78 is 5.19. The van der Waals surface area contributed by atoms with Crippen molar-refractivity contribution in [2.45, 2.75) is 32.7 Å². The summed E-state index contributed by atoms with van der Waals surface area (Å²) in [5.74, 6) is 0.893. The number of nitrogens with zero attached hydrogens (tertiary/aromatic N) is 2. The Kier molecular flexibility index (Phi) is 5.49. The molecule has 2 amide bonds. The molecule has 0 fully saturated rings. The van der Waals surface area contributed by atoms with E-state index in [1.165, 1.54) is 0 Å². The van der Waals surface area contributed by atoms with E-state index in [2.05, 4.69) is 0 Å². The summed E-state index contributed by atoms with van der Waals surface area (Å²) in [5.41, 5.74) is 3.70. The average molecular weight is 366 g/mol. The summed E-state index contributed by atoms with van der Waals surface area (Å²) in [6, 6.07) is 13.3. The zero-order valence-electron chi connectivity index (χ0n) is 16.4. The number of carbonyl (C=O) groups is 2. The summed E-state index contributed by atoms with van der Waals surface area (Å²) in [6.07, 6.45) is 1.28. The Morgan fingerprint density at radius 2 is 1.89 bits per heavy atom. The minimum atomic E-state index is -0.0603. The molecule has 0 radical (unpaired) electrons. The predicted octanol–water partition coefficient (Wildman–Crippen LogP) is 3.83. The topological polar surface area (TPSA) is 49.9 Å². The van der Waals surface area contributed by atoms with E-state index in [0.717, 1.165) is 29.0 Å². The third-order valence-corrected chi connectivity index (χ3v) is 5.32. The smallest absolute Gasteiger partial charge is 0.254 e. The Bertz CT molecular complexity index is 845. The second-order valence-corrected chi connectivity index (χ2v) is 6.86. The molecule has 1 aliphatic rings. The lowest BCUT2D eigenvalue weighted by Gasteiger charge is -2.26. The van der Waals surface area contributed by atoms with Gasteiger partial charge >= 0.3 is 0 Å². The summed E-state index contributed by atoms with van der Waals surface area (Å²) in [5, 5.41) is 0. The highest BCUT2D eigenvalue weighted by Gasteiger charge is 2.26. The molecule has 5 nitrogen and oxygen atoms in total. The van der Waals surface area contributed by atoms with Crippen molar-refractivity contribution in [3.63, 3.8) is 0 Å². The first-order valence-corrected chi connectivity index (χ1v) is 9.30. The van der Waals surface area contributed by atoms with Crippen LogP contribution in [0.2, 0.25) is 0 Å². The standard InChI is InChI=1S/C22H26N2O3/c1-5-21(25)24-13-12-17-14-18(8-11-20(17)24)22(26)23(3)15(2)16-6-9-19(27-4)10-7-16/h6-11,14-15H,5,12-13H2,1-4H3. The van der Waals surface area contributed by atoms with Crippen LogP contribution in [0.3, 0.4) is 0 Å². The van der Waals surface area contributed by atoms with Gasteiger partial charge in [0.1, 0.15) is 5.75 Å². The van der Waals surface area contributed by atoms with Crippen molar-refractivity contribution in [2.75, 3.05) is 25.6 Å². The number of carbonyl (C=O) groups excluding carboxylic acids is 2. The minimum absolute atomic E-state index is 0.0265. The highest BCUT2D eigenvalue weighted by atomic mass is 16.5. The monoisotopic (exact) mass is 366 g/mol. The van der Waals surface area contributed by atoms with E-state index in [0.29, 0.717) is 18.5 Å². The highest BCUT2D eigenvalue weighted by Crippen LogP contribution is 2.30. The molecule has 0 saturated carbocycles. The molecule has 2 aromatic carbocycles. The maximum atomic E-state index is 13.0. The molecule has 0 bridgehead atoms. The van der Waals surface area contributed by atoms with Gasteiger partial charge < -0.3 is 14.5 Å². The molecular formula is C22H26N2O3. The van der Waals surface area contributed by atoms with Crippen molar-refractivity contribution in [1.82, 2.24) is 4.90 Å². The molecule has 2 aromatic rings. The number of hydrogen-bond acceptors (Lipinski definition) is 3. The van der Waals surface area contributed by atoms with Crippen LogP contribution in [0, 0.1) is 0 Å². The Balaban J connectivity index is 1.78. The van der Waals surface area contributed by atoms with Crippen LogP contribution in [-0.2, 0) is 11.2 Å². The van der Waals surface area contributed by atoms with Crippen molar-refractivity contribution in [3.8, 4) is 5.75 Å². The lowest BCUT2D eigenvalue weighted by Crippen LogP contribution is -2.30. The van der Waals surface area contributed by atoms with Crippen molar-refractivity contribution < 1.29 is 14.3 Å². The number of rotatable bonds is 5. The van der Waals surface area contributed by atoms with E-state index < -0.39 is 0 Å². The van der Waals surface area contributed by atoms with Gasteiger partial charge in [0, 0.05) is 31.3 Å². The fraction of sp³-hybridized carbons (Fsp3) is 0.364. The van der Waals surface area contributed by atoms with E-state index in [9.17, 15) is 9.59 Å². The van der Waals surface area contributed by atoms with Gasteiger partial charge in [0.2, 0.25) is 5.91 Å². The molecule has 0 aromatic heterocycles. The van der Waals surface area contributed by atoms with Crippen LogP contribution in [0.4, 0.5) is 5.69 Å². The van der Waals surface area contributed by atoms with Gasteiger partial charge in [0.05, 0.1) is 13.2 Å². The van der Waals surface area contributed by atoms with E-state index in [1.54, 1.807) is 12.0 Å². The summed E-state index contributed by atoms with van der Waals surface area (Å²) in [7, 11) is 3.45. The van der Waals surface area contributed by atoms with Crippen molar-refractivity contribution in [1.29, 1.82) is 0 Å². The zero-order chi connectivity index (χ0) is 19.6. The number of amides is 2. The molecule has 0 saturated heterocycles. The summed E-state index contributed by atoms with van der Waals surface area (Å²) >= 11 is 0. The van der Waals surface area contributed by atoms with Gasteiger partial charge in [0.25, 0.3) is 5.91 Å². The van der Waals surface area contributed by atoms with Crippen LogP contribution in [-0.4, -0.2) is 37.4 Å². The Labute approximate surface area is 160 Å². The fourth-order valence-electron chi connectivity index (χ4n) is 3.47. The van der Waals surface area contributed by atoms with Crippen LogP contribution in [0.5, 0.6) is 5.75 Å². The lowest BCUT2D eigenvalue weighted by molar-refractivity contribution is -0.118. The van der Waals surface area contributed by atoms with E-state index >= 15 is 0 Å². The minimum Gasteiger partial charge on any atom is -0.497 e. The molecule has 1 unspecified atom stereocenters. The number of methoxy groups -OCH3 is 1. The maximum absolute atomic E-state index is 13.0. The number of anilines is 1. The third-order valence-electron chi connectivity index (χ3n) is 5.32. The molecular weight excluding hydrogens is 340 g/mol. The van der Waals surface area contributed by atoms with Crippen molar-refractivity contribution in [2.24, 2.45) is 0 Å². The highest BCUT2D eigenvalue weighted by molar-refractivity contribution is 5.98. The maximum Gasteiger partial charge on any atom is 0.254 e. The number of fused-ring (bicyclic) bond motifs is 1. The van der Waals surface area contributed by atoms with Gasteiger partial charge in [-0.3, -0.25) is 9.59 Å². The van der Waals surface area contributed by atoms with Crippen LogP contribution >= 0.6 is 0 Å². The molecule has 0 aliphatic carbocycles. The second-order valence-electron chi connectivity index (χ2n) is 6.86. The zero-order valence-corrected chi connectivity index (χ0v) is 16.4. The first kappa shape index (κ1) is 19.0. The number of benzene rings is 2. The number of ether oxygens (including phenoxy) is 1. The molecule has 1 aliphatic heterocycles. The molecule has 3 rings (SSSR count). The van der Waals surface area contributed by atoms with E-state index in [4.69, 9.17) is 4.74 Å². The van der Waals surface area contributed by atoms with Gasteiger partial charge in [0.15, 0.2) is 0 Å². The average Bonchev–Trinajstić information content (AvgIpc) is 3.14. The van der Waals surface area contributed by atoms with Gasteiger partial charge in [-0.05, 0) is 54.8 Å². The van der Waals surface area contributed by atoms with Crippen LogP contribution in [0.25, 0.3) is 0 Å². The lowest BCUT2D eigenvalue weighted by atomic mass is 10.0. The van der Waals surface area contributed by atoms with Gasteiger partial charge in [-0.1, -0.05) is 19.1 Å². The molecule has 0 spiro atoms. The van der Waals surface area contributed by atoms with Crippen LogP contribution in [0.1, 0.15) is 47.8 Å². The Morgan fingerprint density at radius 3 is 2.52 bits per heavy atom. The number of hydrogen-bond donors (Lipinski definition) is 0. The largest absolute Gasteiger partial charge is 0.497 e. The third kappa shape index (κ3) is 3.68. The van der Waals surface area contributed by atoms with Crippen molar-refractivity contribution >= 4 is 17.5 Å². The van der Waals surface area contributed by atoms with Gasteiger partial charge in [-0.2, -0.15) is 0 Å². The first-order valence-electron chi connectivity index (χ1n) is 9.30. The van der Waals surface area contributed by atoms with E-state index in [-0.39, 0.29) is 17.9 Å². The second kappa shape index (κ2) is 7.82. The summed E-state index contributed by atoms with van der Waals surface area (Å²) in [6.45, 7) is 4.57. The van der Waals surface area contributed by atoms with E-state index in [1.807, 2.05) is 68.3 Å². The molecule has 142 valence electrons. The molecule has 1 atom stereocenters. The Hall–Kier alpha value is -2.82. The molecule has 0 N–H and O–H groups in total. The van der Waals surface area contributed by atoms with Crippen molar-refractivity contribution in [3.05, 3.63) is 59.2 Å². The molecule has 27 heavy (non-hydrogen) atoms. The fourth-order valence-corrected chi connectivity index (χ4v) is 3.47. The van der Waals surface area contributed by atoms with Gasteiger partial charge in [-0.15, -0.1) is 0 Å².